The summed E-state index contributed by atoms with van der Waals surface area (Å²) in [7, 11) is 0. The molecule has 0 aliphatic rings. The van der Waals surface area contributed by atoms with Crippen molar-refractivity contribution >= 4 is 17.4 Å². The highest BCUT2D eigenvalue weighted by molar-refractivity contribution is 6.03. The maximum atomic E-state index is 12.4. The number of carbonyl (C=O) groups is 1. The number of carbonyl (C=O) groups excluding carboxylic acids is 1. The van der Waals surface area contributed by atoms with E-state index in [-0.39, 0.29) is 5.91 Å². The van der Waals surface area contributed by atoms with E-state index in [0.29, 0.717) is 11.5 Å². The first kappa shape index (κ1) is 16.9. The summed E-state index contributed by atoms with van der Waals surface area (Å²) >= 11 is 0. The minimum Gasteiger partial charge on any atom is -0.357 e. The molecular formula is C18H24N4O. The number of nitrogens with zero attached hydrogens (tertiary/aromatic N) is 3. The average Bonchev–Trinajstić information content (AvgIpc) is 2.55. The summed E-state index contributed by atoms with van der Waals surface area (Å²) in [4.78, 5) is 23.4. The maximum Gasteiger partial charge on any atom is 0.274 e. The van der Waals surface area contributed by atoms with E-state index in [4.69, 9.17) is 0 Å². The summed E-state index contributed by atoms with van der Waals surface area (Å²) in [6.45, 7) is 7.94. The minimum atomic E-state index is -0.212. The molecule has 0 radical (unpaired) electrons. The van der Waals surface area contributed by atoms with Gasteiger partial charge in [0.05, 0.1) is 0 Å². The van der Waals surface area contributed by atoms with E-state index >= 15 is 0 Å². The molecule has 0 aliphatic heterocycles. The molecule has 0 saturated carbocycles. The van der Waals surface area contributed by atoms with Gasteiger partial charge in [0.1, 0.15) is 17.3 Å². The lowest BCUT2D eigenvalue weighted by Gasteiger charge is -2.23. The predicted octanol–water partition coefficient (Wildman–Crippen LogP) is 3.66. The highest BCUT2D eigenvalue weighted by Gasteiger charge is 2.14. The first-order chi connectivity index (χ1) is 11.1. The monoisotopic (exact) mass is 312 g/mol. The normalized spacial score (nSPS) is 10.4. The Bertz CT molecular complexity index is 637. The molecule has 1 heterocycles. The summed E-state index contributed by atoms with van der Waals surface area (Å²) in [6, 6.07) is 11.2. The van der Waals surface area contributed by atoms with Gasteiger partial charge in [0.15, 0.2) is 0 Å². The molecule has 0 atom stereocenters. The van der Waals surface area contributed by atoms with Crippen LogP contribution in [-0.2, 0) is 0 Å². The third-order valence-electron chi connectivity index (χ3n) is 3.40. The van der Waals surface area contributed by atoms with Crippen LogP contribution in [0, 0.1) is 6.92 Å². The molecule has 2 aromatic rings. The van der Waals surface area contributed by atoms with Gasteiger partial charge in [-0.2, -0.15) is 0 Å². The summed E-state index contributed by atoms with van der Waals surface area (Å²) in [5.74, 6) is 1.22. The Kier molecular flexibility index (Phi) is 6.09. The number of aryl methyl sites for hydroxylation is 1. The minimum absolute atomic E-state index is 0.212. The number of para-hydroxylation sites is 1. The Labute approximate surface area is 137 Å². The van der Waals surface area contributed by atoms with E-state index in [1.54, 1.807) is 6.07 Å². The zero-order valence-corrected chi connectivity index (χ0v) is 14.0. The largest absolute Gasteiger partial charge is 0.357 e. The quantitative estimate of drug-likeness (QED) is 0.847. The third kappa shape index (κ3) is 4.77. The van der Waals surface area contributed by atoms with Crippen molar-refractivity contribution in [2.45, 2.75) is 33.6 Å². The van der Waals surface area contributed by atoms with Crippen molar-refractivity contribution in [3.05, 3.63) is 47.9 Å². The zero-order valence-electron chi connectivity index (χ0n) is 14.0. The van der Waals surface area contributed by atoms with E-state index in [2.05, 4.69) is 34.0 Å². The van der Waals surface area contributed by atoms with Gasteiger partial charge in [0.2, 0.25) is 0 Å². The first-order valence-corrected chi connectivity index (χ1v) is 8.11. The van der Waals surface area contributed by atoms with Crippen molar-refractivity contribution in [2.24, 2.45) is 0 Å². The molecule has 0 saturated heterocycles. The lowest BCUT2D eigenvalue weighted by Crippen LogP contribution is -2.27. The summed E-state index contributed by atoms with van der Waals surface area (Å²) in [5.41, 5.74) is 1.16. The molecule has 0 unspecified atom stereocenters. The number of hydrogen-bond donors (Lipinski definition) is 1. The number of benzene rings is 1. The van der Waals surface area contributed by atoms with Crippen LogP contribution in [0.5, 0.6) is 0 Å². The number of amides is 1. The molecule has 0 spiro atoms. The van der Waals surface area contributed by atoms with Crippen molar-refractivity contribution in [1.82, 2.24) is 9.97 Å². The molecule has 0 aliphatic carbocycles. The first-order valence-electron chi connectivity index (χ1n) is 8.11. The fourth-order valence-electron chi connectivity index (χ4n) is 2.43. The molecule has 0 bridgehead atoms. The van der Waals surface area contributed by atoms with E-state index < -0.39 is 0 Å². The standard InChI is InChI=1S/C18H24N4O/c1-4-11-22(12-5-2)17-13-16(19-14(3)20-17)18(23)21-15-9-7-6-8-10-15/h6-10,13H,4-5,11-12H2,1-3H3,(H,21,23). The molecular weight excluding hydrogens is 288 g/mol. The fourth-order valence-corrected chi connectivity index (χ4v) is 2.43. The highest BCUT2D eigenvalue weighted by Crippen LogP contribution is 2.15. The number of aromatic nitrogens is 2. The Balaban J connectivity index is 2.23. The lowest BCUT2D eigenvalue weighted by atomic mass is 10.2. The van der Waals surface area contributed by atoms with Crippen LogP contribution in [0.3, 0.4) is 0 Å². The van der Waals surface area contributed by atoms with Crippen LogP contribution >= 0.6 is 0 Å². The molecule has 122 valence electrons. The zero-order chi connectivity index (χ0) is 16.7. The van der Waals surface area contributed by atoms with Crippen molar-refractivity contribution in [1.29, 1.82) is 0 Å². The molecule has 5 nitrogen and oxygen atoms in total. The van der Waals surface area contributed by atoms with Crippen LogP contribution in [-0.4, -0.2) is 29.0 Å². The van der Waals surface area contributed by atoms with Crippen LogP contribution in [0.1, 0.15) is 43.0 Å². The second kappa shape index (κ2) is 8.27. The van der Waals surface area contributed by atoms with E-state index in [1.165, 1.54) is 0 Å². The summed E-state index contributed by atoms with van der Waals surface area (Å²) < 4.78 is 0. The topological polar surface area (TPSA) is 58.1 Å². The molecule has 1 N–H and O–H groups in total. The van der Waals surface area contributed by atoms with Crippen LogP contribution in [0.2, 0.25) is 0 Å². The summed E-state index contributed by atoms with van der Waals surface area (Å²) in [5, 5.41) is 2.87. The van der Waals surface area contributed by atoms with Gasteiger partial charge < -0.3 is 10.2 Å². The van der Waals surface area contributed by atoms with Gasteiger partial charge in [-0.3, -0.25) is 4.79 Å². The Morgan fingerprint density at radius 3 is 2.35 bits per heavy atom. The molecule has 0 fully saturated rings. The second-order valence-corrected chi connectivity index (χ2v) is 5.47. The molecule has 1 amide bonds. The van der Waals surface area contributed by atoms with Crippen molar-refractivity contribution < 1.29 is 4.79 Å². The van der Waals surface area contributed by atoms with Crippen molar-refractivity contribution in [3.63, 3.8) is 0 Å². The predicted molar refractivity (Wildman–Crippen MR) is 94.0 cm³/mol. The highest BCUT2D eigenvalue weighted by atomic mass is 16.1. The number of anilines is 2. The van der Waals surface area contributed by atoms with Crippen LogP contribution in [0.4, 0.5) is 11.5 Å². The smallest absolute Gasteiger partial charge is 0.274 e. The van der Waals surface area contributed by atoms with Crippen molar-refractivity contribution in [3.8, 4) is 0 Å². The Morgan fingerprint density at radius 1 is 1.09 bits per heavy atom. The average molecular weight is 312 g/mol. The fraction of sp³-hybridized carbons (Fsp3) is 0.389. The van der Waals surface area contributed by atoms with Gasteiger partial charge in [0.25, 0.3) is 5.91 Å². The summed E-state index contributed by atoms with van der Waals surface area (Å²) in [6.07, 6.45) is 2.07. The van der Waals surface area contributed by atoms with Crippen LogP contribution in [0.15, 0.2) is 36.4 Å². The molecule has 5 heteroatoms. The lowest BCUT2D eigenvalue weighted by molar-refractivity contribution is 0.102. The van der Waals surface area contributed by atoms with Gasteiger partial charge in [-0.15, -0.1) is 0 Å². The second-order valence-electron chi connectivity index (χ2n) is 5.47. The van der Waals surface area contributed by atoms with E-state index in [1.807, 2.05) is 37.3 Å². The molecule has 2 rings (SSSR count). The molecule has 23 heavy (non-hydrogen) atoms. The van der Waals surface area contributed by atoms with Gasteiger partial charge in [0, 0.05) is 24.8 Å². The number of nitrogens with one attached hydrogen (secondary N) is 1. The Hall–Kier alpha value is -2.43. The maximum absolute atomic E-state index is 12.4. The van der Waals surface area contributed by atoms with Gasteiger partial charge >= 0.3 is 0 Å². The third-order valence-corrected chi connectivity index (χ3v) is 3.40. The number of hydrogen-bond acceptors (Lipinski definition) is 4. The molecule has 1 aromatic carbocycles. The van der Waals surface area contributed by atoms with Gasteiger partial charge in [-0.05, 0) is 31.9 Å². The SMILES string of the molecule is CCCN(CCC)c1cc(C(=O)Nc2ccccc2)nc(C)n1. The van der Waals surface area contributed by atoms with Gasteiger partial charge in [-0.25, -0.2) is 9.97 Å². The van der Waals surface area contributed by atoms with Gasteiger partial charge in [-0.1, -0.05) is 32.0 Å². The number of rotatable bonds is 7. The Morgan fingerprint density at radius 2 is 1.74 bits per heavy atom. The van der Waals surface area contributed by atoms with E-state index in [0.717, 1.165) is 37.4 Å². The molecule has 1 aromatic heterocycles. The van der Waals surface area contributed by atoms with E-state index in [9.17, 15) is 4.79 Å². The van der Waals surface area contributed by atoms with Crippen LogP contribution < -0.4 is 10.2 Å². The van der Waals surface area contributed by atoms with Crippen molar-refractivity contribution in [2.75, 3.05) is 23.3 Å². The van der Waals surface area contributed by atoms with Crippen LogP contribution in [0.25, 0.3) is 0 Å².